The Labute approximate surface area is 180 Å². The second-order valence-electron chi connectivity index (χ2n) is 7.48. The van der Waals surface area contributed by atoms with E-state index in [0.717, 1.165) is 0 Å². The highest BCUT2D eigenvalue weighted by Crippen LogP contribution is 2.43. The van der Waals surface area contributed by atoms with Gasteiger partial charge in [0.15, 0.2) is 5.72 Å². The van der Waals surface area contributed by atoms with E-state index >= 15 is 0 Å². The Bertz CT molecular complexity index is 1370. The van der Waals surface area contributed by atoms with Gasteiger partial charge in [-0.1, -0.05) is 36.4 Å². The zero-order valence-electron chi connectivity index (χ0n) is 16.5. The molecule has 9 heteroatoms. The molecule has 1 aliphatic rings. The van der Waals surface area contributed by atoms with E-state index in [0.29, 0.717) is 33.3 Å². The van der Waals surface area contributed by atoms with Gasteiger partial charge in [-0.3, -0.25) is 15.0 Å². The Kier molecular flexibility index (Phi) is 4.42. The van der Waals surface area contributed by atoms with Gasteiger partial charge in [0.25, 0.3) is 5.91 Å². The van der Waals surface area contributed by atoms with Crippen molar-refractivity contribution in [3.63, 3.8) is 0 Å². The van der Waals surface area contributed by atoms with Crippen LogP contribution in [0, 0.1) is 5.82 Å². The molecule has 0 radical (unpaired) electrons. The maximum Gasteiger partial charge on any atom is 0.411 e. The fraction of sp³-hybridized carbons (Fsp3) is 0.0870. The lowest BCUT2D eigenvalue weighted by molar-refractivity contribution is -0.0542. The summed E-state index contributed by atoms with van der Waals surface area (Å²) in [5.74, 6) is -0.705. The van der Waals surface area contributed by atoms with Gasteiger partial charge in [0.2, 0.25) is 5.95 Å². The molecule has 8 nitrogen and oxygen atoms in total. The van der Waals surface area contributed by atoms with Crippen LogP contribution in [0.5, 0.6) is 0 Å². The molecule has 1 aliphatic heterocycles. The Balaban J connectivity index is 1.63. The van der Waals surface area contributed by atoms with E-state index in [4.69, 9.17) is 5.11 Å². The average molecular weight is 432 g/mol. The number of carboxylic acid groups (broad SMARTS) is 1. The summed E-state index contributed by atoms with van der Waals surface area (Å²) in [4.78, 5) is 32.5. The number of aliphatic hydroxyl groups is 1. The predicted molar refractivity (Wildman–Crippen MR) is 113 cm³/mol. The summed E-state index contributed by atoms with van der Waals surface area (Å²) in [5, 5.41) is 23.0. The van der Waals surface area contributed by atoms with Crippen LogP contribution in [0.4, 0.5) is 15.1 Å². The number of imidazole rings is 1. The van der Waals surface area contributed by atoms with Gasteiger partial charge in [0.1, 0.15) is 5.82 Å². The number of nitrogens with one attached hydrogen (secondary N) is 2. The first-order chi connectivity index (χ1) is 15.4. The van der Waals surface area contributed by atoms with Gasteiger partial charge in [-0.05, 0) is 35.9 Å². The van der Waals surface area contributed by atoms with Crippen LogP contribution in [0.2, 0.25) is 0 Å². The SMILES string of the molecule is O=C(O)Nc1nc2ccc(C3(O)c4ccccc4C(=O)N3Cc3ccc(F)cc3)cc2[nH]1. The standard InChI is InChI=1S/C23H17FN4O4/c24-15-8-5-13(6-9-15)12-28-20(29)16-3-1-2-4-17(16)23(28,32)14-7-10-18-19(11-14)26-21(25-18)27-22(30)31/h1-11,32H,12H2,(H,30,31)(H2,25,26,27). The van der Waals surface area contributed by atoms with Crippen LogP contribution in [0.25, 0.3) is 11.0 Å². The number of hydrogen-bond donors (Lipinski definition) is 4. The summed E-state index contributed by atoms with van der Waals surface area (Å²) in [6, 6.07) is 17.4. The molecule has 1 aromatic heterocycles. The van der Waals surface area contributed by atoms with Crippen molar-refractivity contribution in [2.75, 3.05) is 5.32 Å². The van der Waals surface area contributed by atoms with Crippen molar-refractivity contribution in [1.82, 2.24) is 14.9 Å². The van der Waals surface area contributed by atoms with E-state index in [9.17, 15) is 19.1 Å². The lowest BCUT2D eigenvalue weighted by Crippen LogP contribution is -2.44. The number of carbonyl (C=O) groups excluding carboxylic acids is 1. The number of amides is 2. The first kappa shape index (κ1) is 19.7. The van der Waals surface area contributed by atoms with Gasteiger partial charge < -0.3 is 15.2 Å². The molecule has 2 amide bonds. The Hall–Kier alpha value is -4.24. The average Bonchev–Trinajstić information content (AvgIpc) is 3.27. The molecule has 2 heterocycles. The van der Waals surface area contributed by atoms with Crippen LogP contribution in [0.1, 0.15) is 27.0 Å². The number of nitrogens with zero attached hydrogens (tertiary/aromatic N) is 2. The molecule has 4 N–H and O–H groups in total. The fourth-order valence-electron chi connectivity index (χ4n) is 4.07. The fourth-order valence-corrected chi connectivity index (χ4v) is 4.07. The minimum absolute atomic E-state index is 0.0442. The van der Waals surface area contributed by atoms with Gasteiger partial charge in [-0.25, -0.2) is 14.2 Å². The second kappa shape index (κ2) is 7.17. The van der Waals surface area contributed by atoms with Crippen LogP contribution in [-0.2, 0) is 12.3 Å². The number of halogens is 1. The van der Waals surface area contributed by atoms with E-state index in [-0.39, 0.29) is 18.4 Å². The van der Waals surface area contributed by atoms with Crippen LogP contribution >= 0.6 is 0 Å². The van der Waals surface area contributed by atoms with Crippen molar-refractivity contribution >= 4 is 29.0 Å². The summed E-state index contributed by atoms with van der Waals surface area (Å²) in [6.07, 6.45) is -1.26. The molecule has 160 valence electrons. The molecule has 3 aromatic carbocycles. The Morgan fingerprint density at radius 2 is 1.88 bits per heavy atom. The normalized spacial score (nSPS) is 17.6. The van der Waals surface area contributed by atoms with Gasteiger partial charge >= 0.3 is 6.09 Å². The number of benzene rings is 3. The summed E-state index contributed by atoms with van der Waals surface area (Å²) in [5.41, 5.74) is 1.03. The minimum Gasteiger partial charge on any atom is -0.465 e. The predicted octanol–water partition coefficient (Wildman–Crippen LogP) is 3.64. The topological polar surface area (TPSA) is 119 Å². The number of aromatic nitrogens is 2. The van der Waals surface area contributed by atoms with Crippen LogP contribution < -0.4 is 5.32 Å². The molecule has 0 saturated carbocycles. The lowest BCUT2D eigenvalue weighted by atomic mass is 9.93. The molecular weight excluding hydrogens is 415 g/mol. The van der Waals surface area contributed by atoms with Crippen molar-refractivity contribution in [2.45, 2.75) is 12.3 Å². The largest absolute Gasteiger partial charge is 0.465 e. The molecule has 0 fully saturated rings. The van der Waals surface area contributed by atoms with E-state index in [2.05, 4.69) is 15.3 Å². The first-order valence-electron chi connectivity index (χ1n) is 9.75. The summed E-state index contributed by atoms with van der Waals surface area (Å²) in [6.45, 7) is 0.0527. The molecule has 4 aromatic rings. The van der Waals surface area contributed by atoms with Gasteiger partial charge in [0, 0.05) is 23.2 Å². The quantitative estimate of drug-likeness (QED) is 0.393. The maximum absolute atomic E-state index is 13.4. The van der Waals surface area contributed by atoms with Crippen molar-refractivity contribution in [1.29, 1.82) is 0 Å². The third kappa shape index (κ3) is 3.07. The zero-order chi connectivity index (χ0) is 22.5. The number of fused-ring (bicyclic) bond motifs is 2. The smallest absolute Gasteiger partial charge is 0.411 e. The summed E-state index contributed by atoms with van der Waals surface area (Å²) < 4.78 is 13.4. The van der Waals surface area contributed by atoms with Crippen LogP contribution in [-0.4, -0.2) is 37.1 Å². The highest BCUT2D eigenvalue weighted by molar-refractivity contribution is 6.00. The molecule has 0 spiro atoms. The summed E-state index contributed by atoms with van der Waals surface area (Å²) in [7, 11) is 0. The number of anilines is 1. The van der Waals surface area contributed by atoms with Gasteiger partial charge in [-0.15, -0.1) is 0 Å². The van der Waals surface area contributed by atoms with E-state index in [1.807, 2.05) is 0 Å². The highest BCUT2D eigenvalue weighted by Gasteiger charge is 2.49. The van der Waals surface area contributed by atoms with Crippen molar-refractivity contribution in [3.8, 4) is 0 Å². The van der Waals surface area contributed by atoms with Gasteiger partial charge in [-0.2, -0.15) is 0 Å². The monoisotopic (exact) mass is 432 g/mol. The third-order valence-electron chi connectivity index (χ3n) is 5.53. The minimum atomic E-state index is -1.79. The Morgan fingerprint density at radius 1 is 1.12 bits per heavy atom. The van der Waals surface area contributed by atoms with E-state index in [1.54, 1.807) is 54.6 Å². The number of hydrogen-bond acceptors (Lipinski definition) is 4. The highest BCUT2D eigenvalue weighted by atomic mass is 19.1. The van der Waals surface area contributed by atoms with Crippen molar-refractivity contribution in [2.24, 2.45) is 0 Å². The summed E-state index contributed by atoms with van der Waals surface area (Å²) >= 11 is 0. The first-order valence-corrected chi connectivity index (χ1v) is 9.75. The molecule has 0 bridgehead atoms. The molecule has 0 saturated heterocycles. The molecule has 32 heavy (non-hydrogen) atoms. The van der Waals surface area contributed by atoms with Crippen LogP contribution in [0.15, 0.2) is 66.7 Å². The number of aromatic amines is 1. The molecular formula is C23H17FN4O4. The molecule has 1 unspecified atom stereocenters. The number of carbonyl (C=O) groups is 2. The van der Waals surface area contributed by atoms with Crippen molar-refractivity contribution < 1.29 is 24.2 Å². The Morgan fingerprint density at radius 3 is 2.62 bits per heavy atom. The van der Waals surface area contributed by atoms with Gasteiger partial charge in [0.05, 0.1) is 11.0 Å². The second-order valence-corrected chi connectivity index (χ2v) is 7.48. The molecule has 5 rings (SSSR count). The third-order valence-corrected chi connectivity index (χ3v) is 5.53. The lowest BCUT2D eigenvalue weighted by Gasteiger charge is -2.35. The number of rotatable bonds is 4. The zero-order valence-corrected chi connectivity index (χ0v) is 16.5. The van der Waals surface area contributed by atoms with Crippen LogP contribution in [0.3, 0.4) is 0 Å². The molecule has 1 atom stereocenters. The molecule has 0 aliphatic carbocycles. The van der Waals surface area contributed by atoms with E-state index in [1.165, 1.54) is 17.0 Å². The number of H-pyrrole nitrogens is 1. The van der Waals surface area contributed by atoms with Crippen molar-refractivity contribution in [3.05, 3.63) is 94.8 Å². The maximum atomic E-state index is 13.4. The van der Waals surface area contributed by atoms with E-state index < -0.39 is 17.6 Å².